The third-order valence-electron chi connectivity index (χ3n) is 5.30. The monoisotopic (exact) mass is 380 g/mol. The van der Waals surface area contributed by atoms with E-state index in [1.165, 1.54) is 11.6 Å². The summed E-state index contributed by atoms with van der Waals surface area (Å²) in [6.45, 7) is 14.2. The van der Waals surface area contributed by atoms with Crippen molar-refractivity contribution in [1.29, 1.82) is 0 Å². The number of fused-ring (bicyclic) bond motifs is 2. The zero-order valence-electron chi connectivity index (χ0n) is 17.3. The molecule has 0 bridgehead atoms. The Hall–Kier alpha value is -2.75. The van der Waals surface area contributed by atoms with Gasteiger partial charge in [0, 0.05) is 17.0 Å². The van der Waals surface area contributed by atoms with Crippen molar-refractivity contribution in [2.24, 2.45) is 0 Å². The summed E-state index contributed by atoms with van der Waals surface area (Å²) >= 11 is 0. The van der Waals surface area contributed by atoms with Gasteiger partial charge in [0.15, 0.2) is 0 Å². The van der Waals surface area contributed by atoms with E-state index in [0.29, 0.717) is 22.3 Å². The van der Waals surface area contributed by atoms with Gasteiger partial charge in [0.05, 0.1) is 10.9 Å². The van der Waals surface area contributed by atoms with Gasteiger partial charge in [0.1, 0.15) is 22.7 Å². The molecular formula is C24H28O4. The van der Waals surface area contributed by atoms with Crippen LogP contribution >= 0.6 is 0 Å². The maximum atomic E-state index is 12.0. The van der Waals surface area contributed by atoms with Crippen LogP contribution in [0.1, 0.15) is 58.6 Å². The third kappa shape index (κ3) is 3.51. The Kier molecular flexibility index (Phi) is 5.00. The first-order valence-corrected chi connectivity index (χ1v) is 9.56. The van der Waals surface area contributed by atoms with Crippen molar-refractivity contribution in [3.05, 3.63) is 64.1 Å². The quantitative estimate of drug-likeness (QED) is 0.520. The summed E-state index contributed by atoms with van der Waals surface area (Å²) in [6, 6.07) is 2.93. The van der Waals surface area contributed by atoms with Crippen LogP contribution in [0.3, 0.4) is 0 Å². The van der Waals surface area contributed by atoms with Crippen LogP contribution in [0, 0.1) is 0 Å². The molecule has 2 heterocycles. The first kappa shape index (κ1) is 20.0. The van der Waals surface area contributed by atoms with Gasteiger partial charge in [-0.15, -0.1) is 6.58 Å². The fraction of sp³-hybridized carbons (Fsp3) is 0.375. The molecule has 0 saturated carbocycles. The van der Waals surface area contributed by atoms with Crippen molar-refractivity contribution in [1.82, 2.24) is 0 Å². The minimum atomic E-state index is -0.543. The van der Waals surface area contributed by atoms with Crippen LogP contribution < -0.4 is 10.4 Å². The molecule has 1 aliphatic heterocycles. The summed E-state index contributed by atoms with van der Waals surface area (Å²) in [5.74, 6) is 0.603. The molecule has 1 atom stereocenters. The van der Waals surface area contributed by atoms with Crippen molar-refractivity contribution in [3.8, 4) is 11.5 Å². The topological polar surface area (TPSA) is 59.7 Å². The molecule has 148 valence electrons. The first-order valence-electron chi connectivity index (χ1n) is 9.56. The van der Waals surface area contributed by atoms with Crippen LogP contribution in [-0.4, -0.2) is 10.7 Å². The Morgan fingerprint density at radius 3 is 2.68 bits per heavy atom. The van der Waals surface area contributed by atoms with Crippen LogP contribution in [-0.2, 0) is 5.41 Å². The number of rotatable bonds is 5. The fourth-order valence-corrected chi connectivity index (χ4v) is 3.63. The van der Waals surface area contributed by atoms with Crippen LogP contribution in [0.4, 0.5) is 0 Å². The lowest BCUT2D eigenvalue weighted by molar-refractivity contribution is 0.154. The van der Waals surface area contributed by atoms with Crippen LogP contribution in [0.5, 0.6) is 11.5 Å². The summed E-state index contributed by atoms with van der Waals surface area (Å²) in [4.78, 5) is 12.0. The molecular weight excluding hydrogens is 352 g/mol. The number of hydrogen-bond donors (Lipinski definition) is 1. The number of benzene rings is 1. The van der Waals surface area contributed by atoms with E-state index in [1.54, 1.807) is 6.07 Å². The lowest BCUT2D eigenvalue weighted by Crippen LogP contribution is -2.31. The summed E-state index contributed by atoms with van der Waals surface area (Å²) in [5.41, 5.74) is 1.44. The molecule has 0 spiro atoms. The molecule has 1 aliphatic rings. The summed E-state index contributed by atoms with van der Waals surface area (Å²) < 4.78 is 11.9. The van der Waals surface area contributed by atoms with Gasteiger partial charge >= 0.3 is 5.63 Å². The highest BCUT2D eigenvalue weighted by molar-refractivity contribution is 5.94. The average molecular weight is 380 g/mol. The van der Waals surface area contributed by atoms with E-state index in [9.17, 15) is 9.90 Å². The molecule has 3 rings (SSSR count). The first-order chi connectivity index (χ1) is 13.1. The second kappa shape index (κ2) is 7.01. The van der Waals surface area contributed by atoms with E-state index >= 15 is 0 Å². The Morgan fingerprint density at radius 1 is 1.32 bits per heavy atom. The van der Waals surface area contributed by atoms with Gasteiger partial charge in [-0.05, 0) is 58.8 Å². The fourth-order valence-electron chi connectivity index (χ4n) is 3.63. The zero-order chi connectivity index (χ0) is 20.7. The molecule has 28 heavy (non-hydrogen) atoms. The maximum Gasteiger partial charge on any atom is 0.336 e. The van der Waals surface area contributed by atoms with E-state index in [1.807, 2.05) is 32.1 Å². The Labute approximate surface area is 165 Å². The lowest BCUT2D eigenvalue weighted by Gasteiger charge is -2.35. The van der Waals surface area contributed by atoms with E-state index in [4.69, 9.17) is 9.15 Å². The summed E-state index contributed by atoms with van der Waals surface area (Å²) in [5, 5.41) is 11.3. The van der Waals surface area contributed by atoms with Gasteiger partial charge in [0.25, 0.3) is 0 Å². The van der Waals surface area contributed by atoms with Gasteiger partial charge in [-0.2, -0.15) is 0 Å². The van der Waals surface area contributed by atoms with E-state index < -0.39 is 16.6 Å². The Bertz CT molecular complexity index is 1050. The van der Waals surface area contributed by atoms with Crippen molar-refractivity contribution < 1.29 is 14.3 Å². The smallest absolute Gasteiger partial charge is 0.336 e. The minimum Gasteiger partial charge on any atom is -0.506 e. The van der Waals surface area contributed by atoms with Crippen molar-refractivity contribution in [3.63, 3.8) is 0 Å². The maximum absolute atomic E-state index is 12.0. The molecule has 0 saturated heterocycles. The predicted octanol–water partition coefficient (Wildman–Crippen LogP) is 5.87. The van der Waals surface area contributed by atoms with Crippen molar-refractivity contribution in [2.45, 2.75) is 58.5 Å². The third-order valence-corrected chi connectivity index (χ3v) is 5.30. The van der Waals surface area contributed by atoms with E-state index in [2.05, 4.69) is 33.4 Å². The second-order valence-corrected chi connectivity index (χ2v) is 8.44. The van der Waals surface area contributed by atoms with Crippen LogP contribution in [0.15, 0.2) is 51.7 Å². The summed E-state index contributed by atoms with van der Waals surface area (Å²) in [7, 11) is 0. The van der Waals surface area contributed by atoms with Gasteiger partial charge in [-0.1, -0.05) is 24.6 Å². The van der Waals surface area contributed by atoms with E-state index in [0.717, 1.165) is 18.4 Å². The zero-order valence-corrected chi connectivity index (χ0v) is 17.3. The minimum absolute atomic E-state index is 0.0555. The predicted molar refractivity (Wildman–Crippen MR) is 114 cm³/mol. The molecule has 0 unspecified atom stereocenters. The van der Waals surface area contributed by atoms with Crippen molar-refractivity contribution in [2.75, 3.05) is 0 Å². The van der Waals surface area contributed by atoms with Crippen LogP contribution in [0.2, 0.25) is 0 Å². The lowest BCUT2D eigenvalue weighted by atomic mass is 9.75. The molecule has 0 fully saturated rings. The van der Waals surface area contributed by atoms with E-state index in [-0.39, 0.29) is 5.75 Å². The second-order valence-electron chi connectivity index (χ2n) is 8.44. The van der Waals surface area contributed by atoms with Gasteiger partial charge < -0.3 is 14.3 Å². The highest BCUT2D eigenvalue weighted by Gasteiger charge is 2.36. The van der Waals surface area contributed by atoms with Gasteiger partial charge in [0.2, 0.25) is 0 Å². The van der Waals surface area contributed by atoms with Crippen molar-refractivity contribution >= 4 is 17.0 Å². The number of ether oxygens (including phenoxy) is 1. The molecule has 4 heteroatoms. The van der Waals surface area contributed by atoms with Gasteiger partial charge in [-0.3, -0.25) is 0 Å². The SMILES string of the molecule is C=C[C@@](C)(CCC=C(C)C)c1c2c(c(O)c3ccc(=O)oc13)C=CC(C)(C)O2. The molecule has 4 nitrogen and oxygen atoms in total. The normalized spacial score (nSPS) is 16.8. The molecule has 0 amide bonds. The molecule has 2 aromatic rings. The highest BCUT2D eigenvalue weighted by atomic mass is 16.5. The molecule has 0 radical (unpaired) electrons. The highest BCUT2D eigenvalue weighted by Crippen LogP contribution is 2.50. The number of hydrogen-bond acceptors (Lipinski definition) is 4. The number of phenols is 1. The standard InChI is InChI=1S/C24H28O4/c1-7-24(6,13-8-9-15(2)3)19-21-16(10-11-18(25)27-21)20(26)17-12-14-23(4,5)28-22(17)19/h7,9-12,14,26H,1,8,13H2,2-6H3/t24-/m0/s1. The number of aromatic hydroxyl groups is 1. The van der Waals surface area contributed by atoms with Crippen LogP contribution in [0.25, 0.3) is 17.0 Å². The summed E-state index contributed by atoms with van der Waals surface area (Å²) in [6.07, 6.45) is 9.45. The molecule has 0 aliphatic carbocycles. The number of phenolic OH excluding ortho intramolecular Hbond substituents is 1. The number of allylic oxidation sites excluding steroid dienone is 3. The largest absolute Gasteiger partial charge is 0.506 e. The molecule has 1 N–H and O–H groups in total. The van der Waals surface area contributed by atoms with Gasteiger partial charge in [-0.25, -0.2) is 4.79 Å². The Balaban J connectivity index is 2.36. The Morgan fingerprint density at radius 2 is 2.04 bits per heavy atom. The molecule has 1 aromatic carbocycles. The average Bonchev–Trinajstić information content (AvgIpc) is 2.60. The molecule has 1 aromatic heterocycles.